The summed E-state index contributed by atoms with van der Waals surface area (Å²) in [7, 11) is 0. The van der Waals surface area contributed by atoms with Crippen LogP contribution in [0.1, 0.15) is 39.0 Å². The van der Waals surface area contributed by atoms with Crippen molar-refractivity contribution >= 4 is 5.91 Å². The maximum atomic E-state index is 11.9. The van der Waals surface area contributed by atoms with E-state index in [0.717, 1.165) is 12.8 Å². The zero-order valence-corrected chi connectivity index (χ0v) is 10.6. The highest BCUT2D eigenvalue weighted by Crippen LogP contribution is 2.26. The highest BCUT2D eigenvalue weighted by atomic mass is 19.4. The van der Waals surface area contributed by atoms with Gasteiger partial charge in [0.1, 0.15) is 0 Å². The smallest absolute Gasteiger partial charge is 0.352 e. The predicted octanol–water partition coefficient (Wildman–Crippen LogP) is 2.22. The van der Waals surface area contributed by atoms with Crippen LogP contribution in [0.5, 0.6) is 0 Å². The molecule has 1 amide bonds. The van der Waals surface area contributed by atoms with Crippen LogP contribution >= 0.6 is 0 Å². The van der Waals surface area contributed by atoms with E-state index in [1.165, 1.54) is 19.3 Å². The lowest BCUT2D eigenvalue weighted by molar-refractivity contribution is -0.128. The third-order valence-electron chi connectivity index (χ3n) is 3.36. The Bertz CT molecular complexity index is 263. The molecule has 1 atom stereocenters. The molecule has 0 aromatic rings. The van der Waals surface area contributed by atoms with Crippen LogP contribution in [-0.2, 0) is 4.79 Å². The number of halogens is 3. The van der Waals surface area contributed by atoms with Crippen molar-refractivity contribution in [2.45, 2.75) is 51.2 Å². The third-order valence-corrected chi connectivity index (χ3v) is 3.36. The van der Waals surface area contributed by atoms with Crippen molar-refractivity contribution in [3.63, 3.8) is 0 Å². The van der Waals surface area contributed by atoms with Gasteiger partial charge in [-0.2, -0.15) is 13.2 Å². The fourth-order valence-electron chi connectivity index (χ4n) is 2.37. The van der Waals surface area contributed by atoms with Crippen LogP contribution in [0.4, 0.5) is 13.2 Å². The second-order valence-electron chi connectivity index (χ2n) is 4.97. The van der Waals surface area contributed by atoms with Crippen LogP contribution in [0.3, 0.4) is 0 Å². The SMILES string of the molecule is C[C@H](NC(=O)CNCC(F)(F)F)C1CCCCC1. The molecule has 0 aliphatic heterocycles. The first-order valence-electron chi connectivity index (χ1n) is 6.45. The minimum atomic E-state index is -4.27. The molecular weight excluding hydrogens is 245 g/mol. The van der Waals surface area contributed by atoms with Crippen molar-refractivity contribution in [1.29, 1.82) is 0 Å². The Morgan fingerprint density at radius 2 is 1.89 bits per heavy atom. The average molecular weight is 266 g/mol. The van der Waals surface area contributed by atoms with Crippen LogP contribution < -0.4 is 10.6 Å². The molecule has 2 N–H and O–H groups in total. The number of nitrogens with one attached hydrogen (secondary N) is 2. The molecule has 0 saturated heterocycles. The first-order chi connectivity index (χ1) is 8.38. The third kappa shape index (κ3) is 6.23. The van der Waals surface area contributed by atoms with Gasteiger partial charge in [0.25, 0.3) is 0 Å². The highest BCUT2D eigenvalue weighted by molar-refractivity contribution is 5.78. The van der Waals surface area contributed by atoms with E-state index in [0.29, 0.717) is 5.92 Å². The van der Waals surface area contributed by atoms with Crippen molar-refractivity contribution in [3.8, 4) is 0 Å². The predicted molar refractivity (Wildman–Crippen MR) is 63.1 cm³/mol. The number of hydrogen-bond donors (Lipinski definition) is 2. The largest absolute Gasteiger partial charge is 0.401 e. The maximum absolute atomic E-state index is 11.9. The minimum absolute atomic E-state index is 0.0467. The molecule has 1 fully saturated rings. The van der Waals surface area contributed by atoms with Gasteiger partial charge >= 0.3 is 6.18 Å². The summed E-state index contributed by atoms with van der Waals surface area (Å²) in [5.74, 6) is 0.0997. The number of alkyl halides is 3. The number of rotatable bonds is 5. The Hall–Kier alpha value is -0.780. The van der Waals surface area contributed by atoms with Crippen molar-refractivity contribution in [1.82, 2.24) is 10.6 Å². The molecule has 0 aromatic carbocycles. The number of carbonyl (C=O) groups excluding carboxylic acids is 1. The maximum Gasteiger partial charge on any atom is 0.401 e. The second-order valence-corrected chi connectivity index (χ2v) is 4.97. The molecule has 6 heteroatoms. The molecule has 1 saturated carbocycles. The van der Waals surface area contributed by atoms with Crippen LogP contribution in [0.25, 0.3) is 0 Å². The molecule has 0 radical (unpaired) electrons. The fourth-order valence-corrected chi connectivity index (χ4v) is 2.37. The molecule has 106 valence electrons. The Morgan fingerprint density at radius 3 is 2.44 bits per heavy atom. The molecule has 1 aliphatic carbocycles. The van der Waals surface area contributed by atoms with Crippen molar-refractivity contribution in [2.24, 2.45) is 5.92 Å². The molecule has 0 bridgehead atoms. The van der Waals surface area contributed by atoms with Gasteiger partial charge in [0.05, 0.1) is 13.1 Å². The Balaban J connectivity index is 2.18. The standard InChI is InChI=1S/C12H21F3N2O/c1-9(10-5-3-2-4-6-10)17-11(18)7-16-8-12(13,14)15/h9-10,16H,2-8H2,1H3,(H,17,18)/t9-/m0/s1. The first-order valence-corrected chi connectivity index (χ1v) is 6.45. The van der Waals surface area contributed by atoms with Crippen LogP contribution in [0.15, 0.2) is 0 Å². The van der Waals surface area contributed by atoms with E-state index in [1.807, 2.05) is 6.92 Å². The van der Waals surface area contributed by atoms with E-state index in [9.17, 15) is 18.0 Å². The van der Waals surface area contributed by atoms with Crippen molar-refractivity contribution in [2.75, 3.05) is 13.1 Å². The van der Waals surface area contributed by atoms with E-state index in [1.54, 1.807) is 0 Å². The van der Waals surface area contributed by atoms with Gasteiger partial charge in [0.15, 0.2) is 0 Å². The average Bonchev–Trinajstić information content (AvgIpc) is 2.28. The van der Waals surface area contributed by atoms with Gasteiger partial charge in [0.2, 0.25) is 5.91 Å². The summed E-state index contributed by atoms with van der Waals surface area (Å²) >= 11 is 0. The topological polar surface area (TPSA) is 41.1 Å². The molecule has 0 unspecified atom stereocenters. The Morgan fingerprint density at radius 1 is 1.28 bits per heavy atom. The van der Waals surface area contributed by atoms with Gasteiger partial charge in [-0.05, 0) is 25.7 Å². The zero-order valence-electron chi connectivity index (χ0n) is 10.6. The summed E-state index contributed by atoms with van der Waals surface area (Å²) in [6.45, 7) is 0.520. The molecule has 1 aliphatic rings. The van der Waals surface area contributed by atoms with Gasteiger partial charge < -0.3 is 10.6 Å². The van der Waals surface area contributed by atoms with Crippen molar-refractivity contribution < 1.29 is 18.0 Å². The quantitative estimate of drug-likeness (QED) is 0.801. The molecule has 18 heavy (non-hydrogen) atoms. The number of amides is 1. The van der Waals surface area contributed by atoms with Gasteiger partial charge in [-0.25, -0.2) is 0 Å². The summed E-state index contributed by atoms with van der Waals surface area (Å²) in [4.78, 5) is 11.4. The lowest BCUT2D eigenvalue weighted by Crippen LogP contribution is -2.44. The highest BCUT2D eigenvalue weighted by Gasteiger charge is 2.27. The first kappa shape index (κ1) is 15.3. The summed E-state index contributed by atoms with van der Waals surface area (Å²) in [6, 6.07) is 0.0467. The molecular formula is C12H21F3N2O. The van der Waals surface area contributed by atoms with Crippen LogP contribution in [0, 0.1) is 5.92 Å². The van der Waals surface area contributed by atoms with Crippen LogP contribution in [0.2, 0.25) is 0 Å². The van der Waals surface area contributed by atoms with E-state index >= 15 is 0 Å². The Labute approximate surface area is 106 Å². The summed E-state index contributed by atoms with van der Waals surface area (Å²) in [6.07, 6.45) is 1.52. The summed E-state index contributed by atoms with van der Waals surface area (Å²) < 4.78 is 35.6. The van der Waals surface area contributed by atoms with Gasteiger partial charge in [0, 0.05) is 6.04 Å². The van der Waals surface area contributed by atoms with E-state index in [-0.39, 0.29) is 18.5 Å². The van der Waals surface area contributed by atoms with E-state index < -0.39 is 12.7 Å². The number of hydrogen-bond acceptors (Lipinski definition) is 2. The summed E-state index contributed by atoms with van der Waals surface area (Å²) in [5.41, 5.74) is 0. The lowest BCUT2D eigenvalue weighted by atomic mass is 9.84. The Kier molecular flexibility index (Phi) is 5.91. The molecule has 0 heterocycles. The van der Waals surface area contributed by atoms with E-state index in [2.05, 4.69) is 10.6 Å². The van der Waals surface area contributed by atoms with Crippen LogP contribution in [-0.4, -0.2) is 31.2 Å². The van der Waals surface area contributed by atoms with Gasteiger partial charge in [-0.3, -0.25) is 4.79 Å². The molecule has 1 rings (SSSR count). The number of carbonyl (C=O) groups is 1. The fraction of sp³-hybridized carbons (Fsp3) is 0.917. The zero-order chi connectivity index (χ0) is 13.6. The minimum Gasteiger partial charge on any atom is -0.352 e. The molecule has 0 spiro atoms. The van der Waals surface area contributed by atoms with E-state index in [4.69, 9.17) is 0 Å². The monoisotopic (exact) mass is 266 g/mol. The molecule has 3 nitrogen and oxygen atoms in total. The second kappa shape index (κ2) is 6.97. The van der Waals surface area contributed by atoms with Crippen molar-refractivity contribution in [3.05, 3.63) is 0 Å². The molecule has 0 aromatic heterocycles. The normalized spacial score (nSPS) is 19.6. The van der Waals surface area contributed by atoms with Gasteiger partial charge in [-0.15, -0.1) is 0 Å². The lowest BCUT2D eigenvalue weighted by Gasteiger charge is -2.28. The summed E-state index contributed by atoms with van der Waals surface area (Å²) in [5, 5.41) is 4.86. The van der Waals surface area contributed by atoms with Gasteiger partial charge in [-0.1, -0.05) is 19.3 Å².